The number of ether oxygens (including phenoxy) is 2. The first-order chi connectivity index (χ1) is 10.0. The summed E-state index contributed by atoms with van der Waals surface area (Å²) in [6.07, 6.45) is 0. The summed E-state index contributed by atoms with van der Waals surface area (Å²) in [5.41, 5.74) is 0.793. The van der Waals surface area contributed by atoms with Gasteiger partial charge in [0.25, 0.3) is 0 Å². The number of benzene rings is 1. The van der Waals surface area contributed by atoms with Gasteiger partial charge in [0.2, 0.25) is 5.91 Å². The van der Waals surface area contributed by atoms with Crippen LogP contribution in [-0.2, 0) is 9.53 Å². The van der Waals surface area contributed by atoms with Gasteiger partial charge in [0.15, 0.2) is 5.11 Å². The molecule has 0 radical (unpaired) electrons. The lowest BCUT2D eigenvalue weighted by molar-refractivity contribution is -0.122. The van der Waals surface area contributed by atoms with Gasteiger partial charge in [-0.1, -0.05) is 13.8 Å². The van der Waals surface area contributed by atoms with Gasteiger partial charge in [-0.3, -0.25) is 4.79 Å². The van der Waals surface area contributed by atoms with E-state index in [1.807, 2.05) is 45.0 Å². The lowest BCUT2D eigenvalue weighted by Crippen LogP contribution is -2.36. The molecule has 0 spiro atoms. The molecule has 0 bridgehead atoms. The number of amides is 1. The first-order valence-electron chi connectivity index (χ1n) is 6.95. The van der Waals surface area contributed by atoms with Crippen molar-refractivity contribution in [2.24, 2.45) is 5.92 Å². The summed E-state index contributed by atoms with van der Waals surface area (Å²) in [7, 11) is 0. The summed E-state index contributed by atoms with van der Waals surface area (Å²) in [4.78, 5) is 11.5. The van der Waals surface area contributed by atoms with E-state index in [1.165, 1.54) is 0 Å². The minimum absolute atomic E-state index is 0.106. The van der Waals surface area contributed by atoms with Crippen LogP contribution in [0.25, 0.3) is 0 Å². The molecule has 0 fully saturated rings. The summed E-state index contributed by atoms with van der Waals surface area (Å²) in [5, 5.41) is 5.87. The number of hydrogen-bond donors (Lipinski definition) is 2. The summed E-state index contributed by atoms with van der Waals surface area (Å²) < 4.78 is 10.7. The molecule has 0 atom stereocenters. The predicted molar refractivity (Wildman–Crippen MR) is 87.6 cm³/mol. The summed E-state index contributed by atoms with van der Waals surface area (Å²) >= 11 is 5.07. The smallest absolute Gasteiger partial charge is 0.228 e. The molecule has 1 aromatic rings. The molecule has 5 nitrogen and oxygen atoms in total. The highest BCUT2D eigenvalue weighted by atomic mass is 32.1. The Balaban J connectivity index is 2.40. The van der Waals surface area contributed by atoms with Crippen LogP contribution in [0.2, 0.25) is 0 Å². The van der Waals surface area contributed by atoms with E-state index in [4.69, 9.17) is 21.7 Å². The number of carbonyl (C=O) groups excluding carboxylic acids is 1. The van der Waals surface area contributed by atoms with Gasteiger partial charge in [-0.15, -0.1) is 0 Å². The van der Waals surface area contributed by atoms with E-state index in [-0.39, 0.29) is 11.8 Å². The number of nitrogens with one attached hydrogen (secondary N) is 2. The summed E-state index contributed by atoms with van der Waals surface area (Å²) in [5.74, 6) is 0.548. The molecule has 0 unspecified atom stereocenters. The molecule has 0 aliphatic carbocycles. The second-order valence-corrected chi connectivity index (χ2v) is 5.08. The topological polar surface area (TPSA) is 59.6 Å². The number of rotatable bonds is 7. The first kappa shape index (κ1) is 17.4. The van der Waals surface area contributed by atoms with Crippen molar-refractivity contribution in [2.75, 3.05) is 25.1 Å². The average molecular weight is 310 g/mol. The molecule has 6 heteroatoms. The Morgan fingerprint density at radius 2 is 1.90 bits per heavy atom. The van der Waals surface area contributed by atoms with Crippen LogP contribution in [0, 0.1) is 5.92 Å². The maximum atomic E-state index is 11.5. The Hall–Kier alpha value is -1.66. The zero-order chi connectivity index (χ0) is 15.7. The molecule has 116 valence electrons. The monoisotopic (exact) mass is 310 g/mol. The van der Waals surface area contributed by atoms with Crippen molar-refractivity contribution < 1.29 is 14.3 Å². The van der Waals surface area contributed by atoms with Crippen LogP contribution in [-0.4, -0.2) is 30.8 Å². The summed E-state index contributed by atoms with van der Waals surface area (Å²) in [6.45, 7) is 7.34. The lowest BCUT2D eigenvalue weighted by Gasteiger charge is -2.12. The predicted octanol–water partition coefficient (Wildman–Crippen LogP) is 2.57. The normalized spacial score (nSPS) is 10.3. The van der Waals surface area contributed by atoms with Crippen molar-refractivity contribution >= 4 is 28.9 Å². The third-order valence-corrected chi connectivity index (χ3v) is 2.78. The van der Waals surface area contributed by atoms with Gasteiger partial charge in [0.1, 0.15) is 12.4 Å². The van der Waals surface area contributed by atoms with Gasteiger partial charge in [-0.05, 0) is 43.4 Å². The Labute approximate surface area is 131 Å². The standard InChI is InChI=1S/C15H22N2O3S/c1-4-19-9-10-20-13-7-5-12(6-8-13)16-15(21)17-14(18)11(2)3/h5-8,11H,4,9-10H2,1-3H3,(H2,16,17,18,21). The first-order valence-corrected chi connectivity index (χ1v) is 7.36. The van der Waals surface area contributed by atoms with E-state index >= 15 is 0 Å². The van der Waals surface area contributed by atoms with E-state index in [9.17, 15) is 4.79 Å². The van der Waals surface area contributed by atoms with E-state index in [0.717, 1.165) is 11.4 Å². The van der Waals surface area contributed by atoms with E-state index < -0.39 is 0 Å². The average Bonchev–Trinajstić information content (AvgIpc) is 2.45. The fourth-order valence-electron chi connectivity index (χ4n) is 1.42. The van der Waals surface area contributed by atoms with Crippen molar-refractivity contribution in [1.29, 1.82) is 0 Å². The van der Waals surface area contributed by atoms with Crippen molar-refractivity contribution in [3.63, 3.8) is 0 Å². The molecular formula is C15H22N2O3S. The molecule has 2 N–H and O–H groups in total. The Morgan fingerprint density at radius 1 is 1.24 bits per heavy atom. The molecule has 1 rings (SSSR count). The largest absolute Gasteiger partial charge is 0.491 e. The molecular weight excluding hydrogens is 288 g/mol. The van der Waals surface area contributed by atoms with Gasteiger partial charge >= 0.3 is 0 Å². The number of hydrogen-bond acceptors (Lipinski definition) is 4. The molecule has 0 aliphatic rings. The third-order valence-electron chi connectivity index (χ3n) is 2.57. The van der Waals surface area contributed by atoms with Crippen molar-refractivity contribution in [2.45, 2.75) is 20.8 Å². The van der Waals surface area contributed by atoms with Crippen LogP contribution in [0.4, 0.5) is 5.69 Å². The molecule has 21 heavy (non-hydrogen) atoms. The fourth-order valence-corrected chi connectivity index (χ4v) is 1.63. The zero-order valence-corrected chi connectivity index (χ0v) is 13.5. The van der Waals surface area contributed by atoms with Crippen molar-refractivity contribution in [3.8, 4) is 5.75 Å². The highest BCUT2D eigenvalue weighted by Crippen LogP contribution is 2.15. The minimum atomic E-state index is -0.108. The maximum absolute atomic E-state index is 11.5. The molecule has 0 saturated heterocycles. The van der Waals surface area contributed by atoms with Crippen LogP contribution in [0.15, 0.2) is 24.3 Å². The molecule has 0 aromatic heterocycles. The number of anilines is 1. The van der Waals surface area contributed by atoms with Gasteiger partial charge in [0, 0.05) is 18.2 Å². The molecule has 1 amide bonds. The Kier molecular flexibility index (Phi) is 7.71. The van der Waals surface area contributed by atoms with Crippen molar-refractivity contribution in [1.82, 2.24) is 5.32 Å². The van der Waals surface area contributed by atoms with E-state index in [1.54, 1.807) is 0 Å². The second kappa shape index (κ2) is 9.31. The minimum Gasteiger partial charge on any atom is -0.491 e. The van der Waals surface area contributed by atoms with E-state index in [2.05, 4.69) is 10.6 Å². The SMILES string of the molecule is CCOCCOc1ccc(NC(=S)NC(=O)C(C)C)cc1. The quantitative estimate of drug-likeness (QED) is 0.599. The molecule has 0 saturated carbocycles. The van der Waals surface area contributed by atoms with Gasteiger partial charge in [0.05, 0.1) is 6.61 Å². The van der Waals surface area contributed by atoms with Gasteiger partial charge in [-0.2, -0.15) is 0 Å². The van der Waals surface area contributed by atoms with Crippen LogP contribution < -0.4 is 15.4 Å². The molecule has 0 aliphatic heterocycles. The third kappa shape index (κ3) is 7.06. The highest BCUT2D eigenvalue weighted by molar-refractivity contribution is 7.80. The van der Waals surface area contributed by atoms with Crippen molar-refractivity contribution in [3.05, 3.63) is 24.3 Å². The zero-order valence-electron chi connectivity index (χ0n) is 12.6. The summed E-state index contributed by atoms with van der Waals surface area (Å²) in [6, 6.07) is 7.34. The second-order valence-electron chi connectivity index (χ2n) is 4.67. The van der Waals surface area contributed by atoms with E-state index in [0.29, 0.717) is 24.9 Å². The highest BCUT2D eigenvalue weighted by Gasteiger charge is 2.08. The van der Waals surface area contributed by atoms with Gasteiger partial charge in [-0.25, -0.2) is 0 Å². The lowest BCUT2D eigenvalue weighted by atomic mass is 10.2. The van der Waals surface area contributed by atoms with Crippen LogP contribution in [0.1, 0.15) is 20.8 Å². The van der Waals surface area contributed by atoms with Gasteiger partial charge < -0.3 is 20.1 Å². The number of carbonyl (C=O) groups is 1. The Bertz CT molecular complexity index is 460. The number of thiocarbonyl (C=S) groups is 1. The van der Waals surface area contributed by atoms with Crippen LogP contribution in [0.3, 0.4) is 0 Å². The fraction of sp³-hybridized carbons (Fsp3) is 0.467. The van der Waals surface area contributed by atoms with Crippen LogP contribution in [0.5, 0.6) is 5.75 Å². The van der Waals surface area contributed by atoms with Crippen LogP contribution >= 0.6 is 12.2 Å². The molecule has 0 heterocycles. The molecule has 1 aromatic carbocycles. The maximum Gasteiger partial charge on any atom is 0.228 e. The Morgan fingerprint density at radius 3 is 2.48 bits per heavy atom.